The molecule has 0 amide bonds. The molecule has 4 nitrogen and oxygen atoms in total. The number of aliphatic carboxylic acids is 1. The van der Waals surface area contributed by atoms with Gasteiger partial charge in [0.15, 0.2) is 5.60 Å². The van der Waals surface area contributed by atoms with Crippen molar-refractivity contribution in [2.75, 3.05) is 13.7 Å². The van der Waals surface area contributed by atoms with Gasteiger partial charge in [0.2, 0.25) is 0 Å². The van der Waals surface area contributed by atoms with Gasteiger partial charge in [0.25, 0.3) is 0 Å². The number of carboxylic acid groups (broad SMARTS) is 1. The number of ether oxygens (including phenoxy) is 2. The van der Waals surface area contributed by atoms with Crippen LogP contribution < -0.4 is 4.74 Å². The molecule has 4 heteroatoms. The van der Waals surface area contributed by atoms with E-state index in [0.717, 1.165) is 17.7 Å². The Hall–Kier alpha value is -1.55. The lowest BCUT2D eigenvalue weighted by Gasteiger charge is -2.34. The van der Waals surface area contributed by atoms with Crippen LogP contribution in [0.15, 0.2) is 18.2 Å². The second-order valence-electron chi connectivity index (χ2n) is 4.54. The summed E-state index contributed by atoms with van der Waals surface area (Å²) in [6.45, 7) is 2.23. The molecule has 0 heterocycles. The van der Waals surface area contributed by atoms with Crippen molar-refractivity contribution in [1.29, 1.82) is 0 Å². The Morgan fingerprint density at radius 1 is 1.44 bits per heavy atom. The molecule has 1 N–H and O–H groups in total. The van der Waals surface area contributed by atoms with Gasteiger partial charge in [0.05, 0.1) is 7.11 Å². The van der Waals surface area contributed by atoms with Crippen LogP contribution in [0.2, 0.25) is 0 Å². The van der Waals surface area contributed by atoms with E-state index < -0.39 is 11.6 Å². The first kappa shape index (κ1) is 12.9. The van der Waals surface area contributed by atoms with Crippen molar-refractivity contribution in [3.63, 3.8) is 0 Å². The molecule has 0 saturated carbocycles. The molecular weight excluding hydrogens is 232 g/mol. The normalized spacial score (nSPS) is 22.3. The summed E-state index contributed by atoms with van der Waals surface area (Å²) in [5.74, 6) is -0.121. The third-order valence-corrected chi connectivity index (χ3v) is 3.50. The van der Waals surface area contributed by atoms with E-state index in [1.54, 1.807) is 7.11 Å². The molecule has 1 aromatic rings. The van der Waals surface area contributed by atoms with Crippen molar-refractivity contribution >= 4 is 5.97 Å². The molecule has 0 fully saturated rings. The molecule has 1 aromatic carbocycles. The van der Waals surface area contributed by atoms with Gasteiger partial charge in [0.1, 0.15) is 5.75 Å². The van der Waals surface area contributed by atoms with Gasteiger partial charge in [0, 0.05) is 13.0 Å². The van der Waals surface area contributed by atoms with Crippen LogP contribution in [0, 0.1) is 0 Å². The summed E-state index contributed by atoms with van der Waals surface area (Å²) in [7, 11) is 1.61. The fraction of sp³-hybridized carbons (Fsp3) is 0.500. The fourth-order valence-electron chi connectivity index (χ4n) is 2.51. The minimum absolute atomic E-state index is 0.405. The predicted octanol–water partition coefficient (Wildman–Crippen LogP) is 2.04. The molecule has 0 saturated heterocycles. The molecule has 0 aliphatic heterocycles. The second kappa shape index (κ2) is 4.98. The lowest BCUT2D eigenvalue weighted by molar-refractivity contribution is -0.167. The van der Waals surface area contributed by atoms with Crippen LogP contribution in [0.5, 0.6) is 5.75 Å². The summed E-state index contributed by atoms with van der Waals surface area (Å²) in [6, 6.07) is 5.82. The van der Waals surface area contributed by atoms with Crippen LogP contribution in [-0.4, -0.2) is 30.4 Å². The summed E-state index contributed by atoms with van der Waals surface area (Å²) >= 11 is 0. The summed E-state index contributed by atoms with van der Waals surface area (Å²) in [4.78, 5) is 11.5. The number of hydrogen-bond acceptors (Lipinski definition) is 3. The molecule has 1 aliphatic carbocycles. The Morgan fingerprint density at radius 3 is 2.83 bits per heavy atom. The lowest BCUT2D eigenvalue weighted by Crippen LogP contribution is -2.46. The Morgan fingerprint density at radius 2 is 2.22 bits per heavy atom. The van der Waals surface area contributed by atoms with Crippen molar-refractivity contribution in [3.05, 3.63) is 29.3 Å². The zero-order chi connectivity index (χ0) is 13.2. The summed E-state index contributed by atoms with van der Waals surface area (Å²) < 4.78 is 10.7. The SMILES string of the molecule is CCOC1(C(=O)O)CCc2ccc(OC)cc2C1. The molecule has 2 rings (SSSR count). The van der Waals surface area contributed by atoms with Gasteiger partial charge in [-0.2, -0.15) is 0 Å². The quantitative estimate of drug-likeness (QED) is 0.888. The van der Waals surface area contributed by atoms with E-state index in [1.165, 1.54) is 5.56 Å². The summed E-state index contributed by atoms with van der Waals surface area (Å²) in [5.41, 5.74) is 1.12. The Labute approximate surface area is 107 Å². The number of benzene rings is 1. The molecule has 98 valence electrons. The molecule has 0 bridgehead atoms. The highest BCUT2D eigenvalue weighted by molar-refractivity contribution is 5.78. The van der Waals surface area contributed by atoms with Gasteiger partial charge in [-0.05, 0) is 43.0 Å². The second-order valence-corrected chi connectivity index (χ2v) is 4.54. The van der Waals surface area contributed by atoms with Crippen LogP contribution >= 0.6 is 0 Å². The highest BCUT2D eigenvalue weighted by atomic mass is 16.5. The van der Waals surface area contributed by atoms with Gasteiger partial charge in [-0.1, -0.05) is 6.07 Å². The molecule has 1 atom stereocenters. The third-order valence-electron chi connectivity index (χ3n) is 3.50. The Kier molecular flexibility index (Phi) is 3.57. The average molecular weight is 250 g/mol. The van der Waals surface area contributed by atoms with Crippen molar-refractivity contribution in [1.82, 2.24) is 0 Å². The standard InChI is InChI=1S/C14H18O4/c1-3-18-14(13(15)16)7-6-10-4-5-12(17-2)8-11(10)9-14/h4-5,8H,3,6-7,9H2,1-2H3,(H,15,16). The van der Waals surface area contributed by atoms with Crippen LogP contribution in [-0.2, 0) is 22.4 Å². The molecule has 0 radical (unpaired) electrons. The van der Waals surface area contributed by atoms with Crippen molar-refractivity contribution in [2.45, 2.75) is 31.8 Å². The smallest absolute Gasteiger partial charge is 0.336 e. The molecule has 1 unspecified atom stereocenters. The minimum atomic E-state index is -1.08. The van der Waals surface area contributed by atoms with Gasteiger partial charge in [-0.15, -0.1) is 0 Å². The van der Waals surface area contributed by atoms with E-state index in [-0.39, 0.29) is 0 Å². The van der Waals surface area contributed by atoms with Crippen molar-refractivity contribution in [3.8, 4) is 5.75 Å². The fourth-order valence-corrected chi connectivity index (χ4v) is 2.51. The molecule has 0 aromatic heterocycles. The van der Waals surface area contributed by atoms with Crippen LogP contribution in [0.1, 0.15) is 24.5 Å². The zero-order valence-corrected chi connectivity index (χ0v) is 10.7. The molecular formula is C14H18O4. The molecule has 1 aliphatic rings. The molecule has 0 spiro atoms. The maximum atomic E-state index is 11.5. The maximum Gasteiger partial charge on any atom is 0.336 e. The predicted molar refractivity (Wildman–Crippen MR) is 67.0 cm³/mol. The van der Waals surface area contributed by atoms with Crippen molar-refractivity contribution < 1.29 is 19.4 Å². The van der Waals surface area contributed by atoms with Gasteiger partial charge >= 0.3 is 5.97 Å². The van der Waals surface area contributed by atoms with Crippen LogP contribution in [0.3, 0.4) is 0 Å². The third kappa shape index (κ3) is 2.20. The number of aryl methyl sites for hydroxylation is 1. The van der Waals surface area contributed by atoms with Gasteiger partial charge in [-0.25, -0.2) is 4.79 Å². The number of carboxylic acids is 1. The topological polar surface area (TPSA) is 55.8 Å². The lowest BCUT2D eigenvalue weighted by atomic mass is 9.80. The highest BCUT2D eigenvalue weighted by Crippen LogP contribution is 2.33. The van der Waals surface area contributed by atoms with E-state index in [2.05, 4.69) is 0 Å². The monoisotopic (exact) mass is 250 g/mol. The minimum Gasteiger partial charge on any atom is -0.497 e. The number of hydrogen-bond donors (Lipinski definition) is 1. The van der Waals surface area contributed by atoms with E-state index in [1.807, 2.05) is 25.1 Å². The van der Waals surface area contributed by atoms with E-state index in [0.29, 0.717) is 19.4 Å². The van der Waals surface area contributed by atoms with E-state index in [4.69, 9.17) is 9.47 Å². The average Bonchev–Trinajstić information content (AvgIpc) is 2.38. The summed E-state index contributed by atoms with van der Waals surface area (Å²) in [6.07, 6.45) is 1.66. The Balaban J connectivity index is 2.34. The van der Waals surface area contributed by atoms with E-state index in [9.17, 15) is 9.90 Å². The number of rotatable bonds is 4. The largest absolute Gasteiger partial charge is 0.497 e. The van der Waals surface area contributed by atoms with E-state index >= 15 is 0 Å². The van der Waals surface area contributed by atoms with Gasteiger partial charge < -0.3 is 14.6 Å². The first-order chi connectivity index (χ1) is 8.61. The first-order valence-electron chi connectivity index (χ1n) is 6.14. The van der Waals surface area contributed by atoms with Crippen LogP contribution in [0.4, 0.5) is 0 Å². The summed E-state index contributed by atoms with van der Waals surface area (Å²) in [5, 5.41) is 9.42. The number of methoxy groups -OCH3 is 1. The van der Waals surface area contributed by atoms with Gasteiger partial charge in [-0.3, -0.25) is 0 Å². The zero-order valence-electron chi connectivity index (χ0n) is 10.7. The maximum absolute atomic E-state index is 11.5. The number of carbonyl (C=O) groups is 1. The Bertz CT molecular complexity index is 455. The number of fused-ring (bicyclic) bond motifs is 1. The molecule has 18 heavy (non-hydrogen) atoms. The first-order valence-corrected chi connectivity index (χ1v) is 6.14. The van der Waals surface area contributed by atoms with Crippen LogP contribution in [0.25, 0.3) is 0 Å². The highest BCUT2D eigenvalue weighted by Gasteiger charge is 2.42. The van der Waals surface area contributed by atoms with Crippen molar-refractivity contribution in [2.24, 2.45) is 0 Å².